The minimum absolute atomic E-state index is 0.0780. The fourth-order valence-corrected chi connectivity index (χ4v) is 1.91. The summed E-state index contributed by atoms with van der Waals surface area (Å²) in [5.74, 6) is -0.352. The first-order valence-corrected chi connectivity index (χ1v) is 7.40. The van der Waals surface area contributed by atoms with Crippen LogP contribution in [0.4, 0.5) is 13.2 Å². The van der Waals surface area contributed by atoms with E-state index in [1.54, 1.807) is 32.2 Å². The summed E-state index contributed by atoms with van der Waals surface area (Å²) in [6.45, 7) is 1.51. The number of halogens is 3. The SMILES string of the molecule is C/C=C\C=C(/NC)OCc1ccc(C(=O)N(C)OC)cc1C(F)(F)F. The smallest absolute Gasteiger partial charge is 0.416 e. The highest BCUT2D eigenvalue weighted by Gasteiger charge is 2.34. The van der Waals surface area contributed by atoms with Crippen LogP contribution in [0.15, 0.2) is 42.3 Å². The minimum Gasteiger partial charge on any atom is -0.474 e. The molecular weight excluding hydrogens is 337 g/mol. The predicted molar refractivity (Wildman–Crippen MR) is 87.3 cm³/mol. The fraction of sp³-hybridized carbons (Fsp3) is 0.353. The number of rotatable bonds is 7. The zero-order chi connectivity index (χ0) is 19.0. The molecule has 0 aliphatic rings. The van der Waals surface area contributed by atoms with Gasteiger partial charge < -0.3 is 10.1 Å². The van der Waals surface area contributed by atoms with Crippen molar-refractivity contribution in [3.63, 3.8) is 0 Å². The summed E-state index contributed by atoms with van der Waals surface area (Å²) in [7, 11) is 4.17. The topological polar surface area (TPSA) is 50.8 Å². The number of hydrogen-bond donors (Lipinski definition) is 1. The number of alkyl halides is 3. The number of benzene rings is 1. The molecule has 0 aromatic heterocycles. The fourth-order valence-electron chi connectivity index (χ4n) is 1.91. The third-order valence-corrected chi connectivity index (χ3v) is 3.29. The van der Waals surface area contributed by atoms with Gasteiger partial charge in [0.25, 0.3) is 5.91 Å². The average Bonchev–Trinajstić information content (AvgIpc) is 2.59. The molecule has 0 heterocycles. The zero-order valence-corrected chi connectivity index (χ0v) is 14.5. The Balaban J connectivity index is 3.13. The van der Waals surface area contributed by atoms with Gasteiger partial charge in [0.2, 0.25) is 0 Å². The van der Waals surface area contributed by atoms with Gasteiger partial charge in [-0.1, -0.05) is 18.2 Å². The Kier molecular flexibility index (Phi) is 7.50. The molecule has 0 aliphatic carbocycles. The summed E-state index contributed by atoms with van der Waals surface area (Å²) in [5.41, 5.74) is -1.13. The number of hydrogen-bond acceptors (Lipinski definition) is 4. The summed E-state index contributed by atoms with van der Waals surface area (Å²) in [4.78, 5) is 16.7. The third kappa shape index (κ3) is 5.82. The van der Waals surface area contributed by atoms with Gasteiger partial charge in [0.1, 0.15) is 6.61 Å². The molecule has 5 nitrogen and oxygen atoms in total. The Morgan fingerprint density at radius 2 is 2.04 bits per heavy atom. The molecule has 0 radical (unpaired) electrons. The van der Waals surface area contributed by atoms with Gasteiger partial charge >= 0.3 is 6.18 Å². The van der Waals surface area contributed by atoms with Gasteiger partial charge in [-0.3, -0.25) is 9.63 Å². The lowest BCUT2D eigenvalue weighted by Gasteiger charge is -2.18. The van der Waals surface area contributed by atoms with E-state index in [4.69, 9.17) is 9.57 Å². The van der Waals surface area contributed by atoms with Crippen molar-refractivity contribution in [1.82, 2.24) is 10.4 Å². The third-order valence-electron chi connectivity index (χ3n) is 3.29. The maximum absolute atomic E-state index is 13.3. The number of nitrogens with zero attached hydrogens (tertiary/aromatic N) is 1. The highest BCUT2D eigenvalue weighted by molar-refractivity contribution is 5.93. The van der Waals surface area contributed by atoms with Crippen molar-refractivity contribution in [2.45, 2.75) is 19.7 Å². The molecule has 0 atom stereocenters. The van der Waals surface area contributed by atoms with E-state index in [9.17, 15) is 18.0 Å². The second-order valence-electron chi connectivity index (χ2n) is 4.95. The maximum Gasteiger partial charge on any atom is 0.416 e. The molecule has 1 aromatic carbocycles. The maximum atomic E-state index is 13.3. The van der Waals surface area contributed by atoms with Crippen LogP contribution in [0.1, 0.15) is 28.4 Å². The summed E-state index contributed by atoms with van der Waals surface area (Å²) in [6, 6.07) is 3.33. The van der Waals surface area contributed by atoms with E-state index < -0.39 is 17.6 Å². The predicted octanol–water partition coefficient (Wildman–Crippen LogP) is 3.49. The van der Waals surface area contributed by atoms with Crippen molar-refractivity contribution < 1.29 is 27.5 Å². The molecule has 1 rings (SSSR count). The van der Waals surface area contributed by atoms with Crippen LogP contribution in [0, 0.1) is 0 Å². The van der Waals surface area contributed by atoms with Crippen molar-refractivity contribution >= 4 is 5.91 Å². The Hall–Kier alpha value is -2.48. The standard InChI is InChI=1S/C17H21F3N2O3/c1-5-6-7-15(21-2)25-11-13-9-8-12(16(23)22(3)24-4)10-14(13)17(18,19)20/h5-10,21H,11H2,1-4H3/b6-5-,15-7+. The molecular formula is C17H21F3N2O3. The molecule has 25 heavy (non-hydrogen) atoms. The van der Waals surface area contributed by atoms with E-state index >= 15 is 0 Å². The van der Waals surface area contributed by atoms with Gasteiger partial charge in [-0.2, -0.15) is 13.2 Å². The monoisotopic (exact) mass is 358 g/mol. The molecule has 1 amide bonds. The van der Waals surface area contributed by atoms with E-state index in [1.165, 1.54) is 26.3 Å². The molecule has 1 aromatic rings. The number of carbonyl (C=O) groups is 1. The first-order valence-electron chi connectivity index (χ1n) is 7.40. The zero-order valence-electron chi connectivity index (χ0n) is 14.5. The van der Waals surface area contributed by atoms with Crippen LogP contribution in [-0.4, -0.2) is 32.2 Å². The van der Waals surface area contributed by atoms with Crippen LogP contribution >= 0.6 is 0 Å². The van der Waals surface area contributed by atoms with Gasteiger partial charge in [-0.15, -0.1) is 0 Å². The normalized spacial score (nSPS) is 12.4. The van der Waals surface area contributed by atoms with Gasteiger partial charge in [0.15, 0.2) is 5.88 Å². The molecule has 0 unspecified atom stereocenters. The Bertz CT molecular complexity index is 655. The molecule has 0 saturated carbocycles. The molecule has 0 fully saturated rings. The summed E-state index contributed by atoms with van der Waals surface area (Å²) < 4.78 is 45.4. The van der Waals surface area contributed by atoms with Crippen molar-refractivity contribution in [3.05, 3.63) is 59.0 Å². The minimum atomic E-state index is -4.62. The van der Waals surface area contributed by atoms with E-state index in [2.05, 4.69) is 5.32 Å². The van der Waals surface area contributed by atoms with Crippen LogP contribution in [0.25, 0.3) is 0 Å². The van der Waals surface area contributed by atoms with E-state index in [0.29, 0.717) is 5.88 Å². The number of allylic oxidation sites excluding steroid dienone is 3. The Morgan fingerprint density at radius 3 is 2.56 bits per heavy atom. The number of nitrogens with one attached hydrogen (secondary N) is 1. The van der Waals surface area contributed by atoms with Gasteiger partial charge in [-0.05, 0) is 25.1 Å². The van der Waals surface area contributed by atoms with Crippen LogP contribution in [0.3, 0.4) is 0 Å². The second-order valence-corrected chi connectivity index (χ2v) is 4.95. The number of carbonyl (C=O) groups excluding carboxylic acids is 1. The number of amides is 1. The lowest BCUT2D eigenvalue weighted by atomic mass is 10.0. The molecule has 0 spiro atoms. The summed E-state index contributed by atoms with van der Waals surface area (Å²) in [5, 5.41) is 3.60. The highest BCUT2D eigenvalue weighted by Crippen LogP contribution is 2.33. The lowest BCUT2D eigenvalue weighted by Crippen LogP contribution is -2.26. The van der Waals surface area contributed by atoms with Crippen LogP contribution in [0.5, 0.6) is 0 Å². The van der Waals surface area contributed by atoms with E-state index in [0.717, 1.165) is 11.1 Å². The van der Waals surface area contributed by atoms with E-state index in [1.807, 2.05) is 0 Å². The molecule has 0 saturated heterocycles. The van der Waals surface area contributed by atoms with Crippen molar-refractivity contribution in [2.75, 3.05) is 21.2 Å². The highest BCUT2D eigenvalue weighted by atomic mass is 19.4. The largest absolute Gasteiger partial charge is 0.474 e. The first kappa shape index (κ1) is 20.6. The average molecular weight is 358 g/mol. The molecule has 0 bridgehead atoms. The molecule has 138 valence electrons. The van der Waals surface area contributed by atoms with E-state index in [-0.39, 0.29) is 17.7 Å². The number of hydroxylamine groups is 2. The molecule has 8 heteroatoms. The van der Waals surface area contributed by atoms with Crippen LogP contribution in [-0.2, 0) is 22.4 Å². The second kappa shape index (κ2) is 9.12. The quantitative estimate of drug-likeness (QED) is 0.461. The number of ether oxygens (including phenoxy) is 1. The van der Waals surface area contributed by atoms with Crippen LogP contribution < -0.4 is 5.32 Å². The Morgan fingerprint density at radius 1 is 1.36 bits per heavy atom. The summed E-state index contributed by atoms with van der Waals surface area (Å²) in [6.07, 6.45) is 0.430. The van der Waals surface area contributed by atoms with Gasteiger partial charge in [-0.25, -0.2) is 5.06 Å². The van der Waals surface area contributed by atoms with Crippen molar-refractivity contribution in [2.24, 2.45) is 0 Å². The van der Waals surface area contributed by atoms with Crippen molar-refractivity contribution in [3.8, 4) is 0 Å². The lowest BCUT2D eigenvalue weighted by molar-refractivity contribution is -0.138. The Labute approximate surface area is 144 Å². The van der Waals surface area contributed by atoms with Crippen LogP contribution in [0.2, 0.25) is 0 Å². The first-order chi connectivity index (χ1) is 11.7. The van der Waals surface area contributed by atoms with Gasteiger partial charge in [0.05, 0.1) is 12.7 Å². The summed E-state index contributed by atoms with van der Waals surface area (Å²) >= 11 is 0. The molecule has 0 aliphatic heterocycles. The molecule has 1 N–H and O–H groups in total. The van der Waals surface area contributed by atoms with Gasteiger partial charge in [0, 0.05) is 25.2 Å². The van der Waals surface area contributed by atoms with Crippen molar-refractivity contribution in [1.29, 1.82) is 0 Å².